The highest BCUT2D eigenvalue weighted by molar-refractivity contribution is 7.99. The normalized spacial score (nSPS) is 17.9. The van der Waals surface area contributed by atoms with Crippen molar-refractivity contribution in [2.24, 2.45) is 5.73 Å². The van der Waals surface area contributed by atoms with Crippen LogP contribution in [0.4, 0.5) is 0 Å². The second-order valence-corrected chi connectivity index (χ2v) is 9.26. The molecule has 0 bridgehead atoms. The van der Waals surface area contributed by atoms with Gasteiger partial charge in [-0.3, -0.25) is 19.2 Å². The van der Waals surface area contributed by atoms with E-state index in [9.17, 15) is 24.3 Å². The minimum absolute atomic E-state index is 0.0421. The van der Waals surface area contributed by atoms with Crippen LogP contribution in [0.5, 0.6) is 0 Å². The van der Waals surface area contributed by atoms with Crippen molar-refractivity contribution < 1.29 is 34.5 Å². The number of carbonyl (C=O) groups is 4. The van der Waals surface area contributed by atoms with Crippen LogP contribution in [0.25, 0.3) is 11.1 Å². The van der Waals surface area contributed by atoms with Crippen molar-refractivity contribution in [1.82, 2.24) is 10.6 Å². The number of thioether (sulfide) groups is 1. The molecule has 2 amide bonds. The lowest BCUT2D eigenvalue weighted by Gasteiger charge is -2.33. The molecule has 3 rings (SSSR count). The summed E-state index contributed by atoms with van der Waals surface area (Å²) in [5.74, 6) is -3.73. The number of rotatable bonds is 11. The van der Waals surface area contributed by atoms with Gasteiger partial charge in [-0.1, -0.05) is 48.5 Å². The number of hydrogen-bond donors (Lipinski definition) is 6. The summed E-state index contributed by atoms with van der Waals surface area (Å²) < 4.78 is 0. The average Bonchev–Trinajstić information content (AvgIpc) is 2.84. The second kappa shape index (κ2) is 11.8. The highest BCUT2D eigenvalue weighted by Crippen LogP contribution is 2.50. The van der Waals surface area contributed by atoms with Gasteiger partial charge in [0.05, 0.1) is 11.4 Å². The third-order valence-corrected chi connectivity index (χ3v) is 7.03. The Morgan fingerprint density at radius 2 is 1.57 bits per heavy atom. The van der Waals surface area contributed by atoms with Crippen molar-refractivity contribution in [3.63, 3.8) is 0 Å². The third kappa shape index (κ3) is 6.59. The smallest absolute Gasteiger partial charge is 0.322 e. The maximum atomic E-state index is 12.6. The summed E-state index contributed by atoms with van der Waals surface area (Å²) in [6.45, 7) is -0.623. The molecule has 0 fully saturated rings. The predicted molar refractivity (Wildman–Crippen MR) is 129 cm³/mol. The van der Waals surface area contributed by atoms with Crippen molar-refractivity contribution in [2.45, 2.75) is 36.3 Å². The summed E-state index contributed by atoms with van der Waals surface area (Å²) in [6.07, 6.45) is -1.20. The second-order valence-electron chi connectivity index (χ2n) is 8.09. The lowest BCUT2D eigenvalue weighted by molar-refractivity contribution is -0.139. The molecule has 11 heteroatoms. The number of nitrogens with two attached hydrogens (primary N) is 1. The standard InChI is InChI=1S/C24H27N3O7S/c25-17(24(33)34)9-10-19(28)27-18(23(32)26-11-20(29)30)12-35-22-16-8-4-2-6-14(16)13-5-1-3-7-15(13)21(22)31/h1-8,17-18,21-22,31H,9-12,25H2,(H,26,32)(H,27,28)(H,29,30)(H,33,34)/t17-,18+,21+,22+/m0/s1. The first kappa shape index (κ1) is 26.2. The molecule has 10 nitrogen and oxygen atoms in total. The number of carboxylic acid groups (broad SMARTS) is 2. The maximum Gasteiger partial charge on any atom is 0.322 e. The Morgan fingerprint density at radius 3 is 2.20 bits per heavy atom. The maximum absolute atomic E-state index is 12.6. The van der Waals surface area contributed by atoms with Crippen LogP contribution in [0.2, 0.25) is 0 Å². The molecular formula is C24H27N3O7S. The molecular weight excluding hydrogens is 474 g/mol. The number of fused-ring (bicyclic) bond motifs is 3. The van der Waals surface area contributed by atoms with Crippen LogP contribution < -0.4 is 16.4 Å². The molecule has 0 radical (unpaired) electrons. The van der Waals surface area contributed by atoms with Gasteiger partial charge in [0.25, 0.3) is 0 Å². The Hall–Kier alpha value is -3.41. The SMILES string of the molecule is N[C@@H](CCC(=O)N[C@H](CS[C@@H]1c2ccccc2-c2ccccc2[C@H]1O)C(=O)NCC(=O)O)C(=O)O. The summed E-state index contributed by atoms with van der Waals surface area (Å²) in [4.78, 5) is 46.8. The monoisotopic (exact) mass is 501 g/mol. The van der Waals surface area contributed by atoms with E-state index < -0.39 is 53.7 Å². The molecule has 2 aromatic rings. The van der Waals surface area contributed by atoms with Gasteiger partial charge in [-0.25, -0.2) is 0 Å². The van der Waals surface area contributed by atoms with Crippen molar-refractivity contribution in [3.05, 3.63) is 59.7 Å². The van der Waals surface area contributed by atoms with Gasteiger partial charge in [0.2, 0.25) is 11.8 Å². The average molecular weight is 502 g/mol. The lowest BCUT2D eigenvalue weighted by atomic mass is 9.83. The number of carboxylic acids is 2. The van der Waals surface area contributed by atoms with Gasteiger partial charge in [0.1, 0.15) is 18.6 Å². The van der Waals surface area contributed by atoms with Gasteiger partial charge in [-0.15, -0.1) is 11.8 Å². The fourth-order valence-corrected chi connectivity index (χ4v) is 5.20. The topological polar surface area (TPSA) is 179 Å². The van der Waals surface area contributed by atoms with E-state index in [2.05, 4.69) is 10.6 Å². The summed E-state index contributed by atoms with van der Waals surface area (Å²) in [6, 6.07) is 12.8. The zero-order chi connectivity index (χ0) is 25.5. The van der Waals surface area contributed by atoms with E-state index in [1.54, 1.807) is 0 Å². The molecule has 0 saturated heterocycles. The molecule has 1 aliphatic carbocycles. The Bertz CT molecular complexity index is 1110. The molecule has 0 aromatic heterocycles. The molecule has 186 valence electrons. The van der Waals surface area contributed by atoms with Crippen LogP contribution >= 0.6 is 11.8 Å². The molecule has 0 aliphatic heterocycles. The quantitative estimate of drug-likeness (QED) is 0.262. The van der Waals surface area contributed by atoms with Crippen molar-refractivity contribution >= 4 is 35.5 Å². The molecule has 0 saturated carbocycles. The first-order valence-electron chi connectivity index (χ1n) is 10.9. The highest BCUT2D eigenvalue weighted by atomic mass is 32.2. The van der Waals surface area contributed by atoms with Crippen LogP contribution in [0.3, 0.4) is 0 Å². The summed E-state index contributed by atoms with van der Waals surface area (Å²) >= 11 is 1.26. The largest absolute Gasteiger partial charge is 0.480 e. The lowest BCUT2D eigenvalue weighted by Crippen LogP contribution is -2.49. The van der Waals surface area contributed by atoms with Gasteiger partial charge in [-0.05, 0) is 28.7 Å². The number of carbonyl (C=O) groups excluding carboxylic acids is 2. The van der Waals surface area contributed by atoms with E-state index in [1.807, 2.05) is 48.5 Å². The first-order valence-corrected chi connectivity index (χ1v) is 12.0. The molecule has 4 atom stereocenters. The molecule has 0 spiro atoms. The molecule has 2 aromatic carbocycles. The van der Waals surface area contributed by atoms with E-state index in [0.29, 0.717) is 0 Å². The number of aliphatic carboxylic acids is 2. The molecule has 35 heavy (non-hydrogen) atoms. The molecule has 0 heterocycles. The summed E-state index contributed by atoms with van der Waals surface area (Å²) in [5, 5.41) is 33.2. The number of hydrogen-bond acceptors (Lipinski definition) is 7. The minimum atomic E-state index is -1.24. The number of amides is 2. The van der Waals surface area contributed by atoms with E-state index >= 15 is 0 Å². The van der Waals surface area contributed by atoms with Gasteiger partial charge in [-0.2, -0.15) is 0 Å². The van der Waals surface area contributed by atoms with Crippen LogP contribution in [0.15, 0.2) is 48.5 Å². The van der Waals surface area contributed by atoms with E-state index in [4.69, 9.17) is 15.9 Å². The Balaban J connectivity index is 1.76. The fourth-order valence-electron chi connectivity index (χ4n) is 3.85. The van der Waals surface area contributed by atoms with Gasteiger partial charge < -0.3 is 31.7 Å². The van der Waals surface area contributed by atoms with Crippen molar-refractivity contribution in [2.75, 3.05) is 12.3 Å². The molecule has 7 N–H and O–H groups in total. The van der Waals surface area contributed by atoms with E-state index in [-0.39, 0.29) is 18.6 Å². The first-order chi connectivity index (χ1) is 16.7. The highest BCUT2D eigenvalue weighted by Gasteiger charge is 2.34. The Kier molecular flexibility index (Phi) is 8.85. The molecule has 1 aliphatic rings. The fraction of sp³-hybridized carbons (Fsp3) is 0.333. The summed E-state index contributed by atoms with van der Waals surface area (Å²) in [5.41, 5.74) is 8.95. The third-order valence-electron chi connectivity index (χ3n) is 5.63. The van der Waals surface area contributed by atoms with Crippen molar-refractivity contribution in [3.8, 4) is 11.1 Å². The van der Waals surface area contributed by atoms with E-state index in [0.717, 1.165) is 22.3 Å². The van der Waals surface area contributed by atoms with Crippen LogP contribution in [0.1, 0.15) is 35.3 Å². The van der Waals surface area contributed by atoms with Gasteiger partial charge in [0.15, 0.2) is 0 Å². The van der Waals surface area contributed by atoms with Crippen molar-refractivity contribution in [1.29, 1.82) is 0 Å². The summed E-state index contributed by atoms with van der Waals surface area (Å²) in [7, 11) is 0. The van der Waals surface area contributed by atoms with Crippen LogP contribution in [0, 0.1) is 0 Å². The Morgan fingerprint density at radius 1 is 0.971 bits per heavy atom. The molecule has 0 unspecified atom stereocenters. The predicted octanol–water partition coefficient (Wildman–Crippen LogP) is 1.05. The Labute approximate surface area is 205 Å². The van der Waals surface area contributed by atoms with Crippen LogP contribution in [-0.4, -0.2) is 63.5 Å². The van der Waals surface area contributed by atoms with Gasteiger partial charge >= 0.3 is 11.9 Å². The number of benzene rings is 2. The number of nitrogens with one attached hydrogen (secondary N) is 2. The van der Waals surface area contributed by atoms with Gasteiger partial charge in [0, 0.05) is 12.2 Å². The number of aliphatic hydroxyl groups excluding tert-OH is 1. The van der Waals surface area contributed by atoms with Crippen LogP contribution in [-0.2, 0) is 19.2 Å². The van der Waals surface area contributed by atoms with E-state index in [1.165, 1.54) is 11.8 Å². The zero-order valence-corrected chi connectivity index (χ0v) is 19.5. The number of aliphatic hydroxyl groups is 1. The zero-order valence-electron chi connectivity index (χ0n) is 18.7. The minimum Gasteiger partial charge on any atom is -0.480 e.